The molecule has 1 fully saturated rings. The lowest BCUT2D eigenvalue weighted by atomic mass is 10.2. The summed E-state index contributed by atoms with van der Waals surface area (Å²) in [5.41, 5.74) is 1.04. The van der Waals surface area contributed by atoms with Crippen molar-refractivity contribution >= 4 is 52.6 Å². The number of thiazole rings is 1. The molecule has 0 atom stereocenters. The fourth-order valence-electron chi connectivity index (χ4n) is 4.91. The molecule has 1 saturated heterocycles. The first kappa shape index (κ1) is 33.6. The van der Waals surface area contributed by atoms with Gasteiger partial charge in [-0.05, 0) is 30.7 Å². The molecule has 0 unspecified atom stereocenters. The third kappa shape index (κ3) is 9.87. The molecule has 0 spiro atoms. The summed E-state index contributed by atoms with van der Waals surface area (Å²) in [5, 5.41) is 7.14. The van der Waals surface area contributed by atoms with Gasteiger partial charge in [-0.1, -0.05) is 6.07 Å². The molecule has 0 saturated carbocycles. The molecule has 14 nitrogen and oxygen atoms in total. The van der Waals surface area contributed by atoms with Crippen molar-refractivity contribution < 1.29 is 37.5 Å². The second kappa shape index (κ2) is 15.7. The average Bonchev–Trinajstić information content (AvgIpc) is 3.45. The van der Waals surface area contributed by atoms with E-state index in [4.69, 9.17) is 19.3 Å². The Morgan fingerprint density at radius 1 is 1.04 bits per heavy atom. The number of ether oxygens (including phenoxy) is 2. The van der Waals surface area contributed by atoms with Gasteiger partial charge in [0.1, 0.15) is 18.0 Å². The van der Waals surface area contributed by atoms with E-state index in [-0.39, 0.29) is 18.9 Å². The zero-order valence-corrected chi connectivity index (χ0v) is 26.8. The summed E-state index contributed by atoms with van der Waals surface area (Å²) >= 11 is 1.31. The number of amides is 1. The minimum Gasteiger partial charge on any atom is -0.493 e. The minimum absolute atomic E-state index is 0.000534. The summed E-state index contributed by atoms with van der Waals surface area (Å²) < 4.78 is 40.5. The maximum absolute atomic E-state index is 13.4. The topological polar surface area (TPSA) is 171 Å². The van der Waals surface area contributed by atoms with E-state index in [9.17, 15) is 13.8 Å². The van der Waals surface area contributed by atoms with Crippen LogP contribution in [0.5, 0.6) is 11.5 Å². The maximum atomic E-state index is 13.4. The second-order valence-electron chi connectivity index (χ2n) is 10.4. The predicted octanol–water partition coefficient (Wildman–Crippen LogP) is 3.65. The molecule has 0 bridgehead atoms. The van der Waals surface area contributed by atoms with Gasteiger partial charge >= 0.3 is 7.82 Å². The van der Waals surface area contributed by atoms with Crippen molar-refractivity contribution in [1.29, 1.82) is 0 Å². The van der Waals surface area contributed by atoms with Crippen molar-refractivity contribution in [3.63, 3.8) is 0 Å². The first-order valence-electron chi connectivity index (χ1n) is 14.5. The maximum Gasteiger partial charge on any atom is 0.469 e. The van der Waals surface area contributed by atoms with E-state index >= 15 is 0 Å². The number of phosphoric acid groups is 1. The quantitative estimate of drug-likeness (QED) is 0.106. The number of piperazine rings is 1. The predicted molar refractivity (Wildman–Crippen MR) is 171 cm³/mol. The normalized spacial score (nSPS) is 14.3. The van der Waals surface area contributed by atoms with Crippen LogP contribution >= 0.6 is 19.2 Å². The van der Waals surface area contributed by atoms with Crippen LogP contribution in [-0.4, -0.2) is 100 Å². The Balaban J connectivity index is 1.11. The molecule has 4 aromatic rings. The van der Waals surface area contributed by atoms with Crippen LogP contribution in [0.1, 0.15) is 11.3 Å². The number of halogens is 1. The van der Waals surface area contributed by atoms with Crippen molar-refractivity contribution in [2.24, 2.45) is 0 Å². The molecule has 3 heterocycles. The summed E-state index contributed by atoms with van der Waals surface area (Å²) in [6, 6.07) is 9.34. The van der Waals surface area contributed by atoms with Crippen molar-refractivity contribution in [3.8, 4) is 11.5 Å². The van der Waals surface area contributed by atoms with Gasteiger partial charge in [0, 0.05) is 67.5 Å². The summed E-state index contributed by atoms with van der Waals surface area (Å²) in [6.07, 6.45) is 3.94. The van der Waals surface area contributed by atoms with E-state index in [1.807, 2.05) is 12.1 Å². The Kier molecular flexibility index (Phi) is 11.5. The molecule has 0 aliphatic carbocycles. The summed E-state index contributed by atoms with van der Waals surface area (Å²) in [4.78, 5) is 48.4. The Bertz CT molecular complexity index is 1680. The lowest BCUT2D eigenvalue weighted by Gasteiger charge is -2.34. The molecule has 1 aliphatic heterocycles. The lowest BCUT2D eigenvalue weighted by molar-refractivity contribution is -0.115. The van der Waals surface area contributed by atoms with E-state index in [1.54, 1.807) is 19.4 Å². The van der Waals surface area contributed by atoms with Crippen molar-refractivity contribution in [3.05, 3.63) is 59.6 Å². The number of rotatable bonds is 15. The van der Waals surface area contributed by atoms with E-state index in [2.05, 4.69) is 39.9 Å². The number of nitrogens with zero attached hydrogens (tertiary/aromatic N) is 5. The SMILES string of the molecule is COc1cc2c(Nc3ncc(CC(=O)Nc4cccc(F)c4)s3)ncnc2cc1OCCCN1CCN(CCOP(=O)(O)O)CC1. The first-order valence-corrected chi connectivity index (χ1v) is 16.9. The number of nitrogens with one attached hydrogen (secondary N) is 2. The summed E-state index contributed by atoms with van der Waals surface area (Å²) in [6.45, 7) is 5.11. The zero-order valence-electron chi connectivity index (χ0n) is 25.1. The van der Waals surface area contributed by atoms with E-state index in [0.717, 1.165) is 44.0 Å². The van der Waals surface area contributed by atoms with Crippen LogP contribution in [0, 0.1) is 5.82 Å². The number of anilines is 3. The molecule has 0 radical (unpaired) electrons. The van der Waals surface area contributed by atoms with Crippen LogP contribution < -0.4 is 20.1 Å². The van der Waals surface area contributed by atoms with Crippen molar-refractivity contribution in [2.45, 2.75) is 12.8 Å². The highest BCUT2D eigenvalue weighted by Crippen LogP contribution is 2.36. The Hall–Kier alpha value is -3.76. The molecule has 46 heavy (non-hydrogen) atoms. The highest BCUT2D eigenvalue weighted by atomic mass is 32.1. The summed E-state index contributed by atoms with van der Waals surface area (Å²) in [5.74, 6) is 0.913. The van der Waals surface area contributed by atoms with Gasteiger partial charge in [0.25, 0.3) is 0 Å². The van der Waals surface area contributed by atoms with Gasteiger partial charge in [0.05, 0.1) is 32.3 Å². The molecular weight excluding hydrogens is 640 g/mol. The van der Waals surface area contributed by atoms with Gasteiger partial charge < -0.3 is 34.8 Å². The van der Waals surface area contributed by atoms with Gasteiger partial charge in [0.15, 0.2) is 16.6 Å². The largest absolute Gasteiger partial charge is 0.493 e. The van der Waals surface area contributed by atoms with Crippen molar-refractivity contribution in [2.75, 3.05) is 70.2 Å². The number of fused-ring (bicyclic) bond motifs is 1. The molecule has 4 N–H and O–H groups in total. The average molecular weight is 676 g/mol. The van der Waals surface area contributed by atoms with Crippen LogP contribution in [0.4, 0.5) is 21.0 Å². The van der Waals surface area contributed by atoms with Crippen LogP contribution in [0.25, 0.3) is 10.9 Å². The van der Waals surface area contributed by atoms with Gasteiger partial charge in [-0.25, -0.2) is 23.9 Å². The smallest absolute Gasteiger partial charge is 0.469 e. The Morgan fingerprint density at radius 2 is 1.83 bits per heavy atom. The number of methoxy groups -OCH3 is 1. The summed E-state index contributed by atoms with van der Waals surface area (Å²) in [7, 11) is -2.86. The highest BCUT2D eigenvalue weighted by Gasteiger charge is 2.19. The number of aromatic nitrogens is 3. The molecule has 2 aromatic heterocycles. The highest BCUT2D eigenvalue weighted by molar-refractivity contribution is 7.46. The number of hydrogen-bond donors (Lipinski definition) is 4. The minimum atomic E-state index is -4.43. The van der Waals surface area contributed by atoms with Gasteiger partial charge in [0.2, 0.25) is 5.91 Å². The van der Waals surface area contributed by atoms with Crippen LogP contribution in [0.2, 0.25) is 0 Å². The monoisotopic (exact) mass is 675 g/mol. The molecule has 1 aliphatic rings. The first-order chi connectivity index (χ1) is 22.1. The van der Waals surface area contributed by atoms with E-state index in [0.29, 0.717) is 52.2 Å². The molecule has 2 aromatic carbocycles. The van der Waals surface area contributed by atoms with Crippen molar-refractivity contribution in [1.82, 2.24) is 24.8 Å². The van der Waals surface area contributed by atoms with Crippen LogP contribution in [0.15, 0.2) is 48.9 Å². The van der Waals surface area contributed by atoms with Gasteiger partial charge in [-0.15, -0.1) is 11.3 Å². The number of benzene rings is 2. The number of carbonyl (C=O) groups excluding carboxylic acids is 1. The lowest BCUT2D eigenvalue weighted by Crippen LogP contribution is -2.47. The van der Waals surface area contributed by atoms with Crippen LogP contribution in [-0.2, 0) is 20.3 Å². The molecule has 1 amide bonds. The third-order valence-electron chi connectivity index (χ3n) is 7.15. The molecular formula is C29H35FN7O7PS. The van der Waals surface area contributed by atoms with E-state index < -0.39 is 13.6 Å². The zero-order chi connectivity index (χ0) is 32.5. The third-order valence-corrected chi connectivity index (χ3v) is 8.58. The Morgan fingerprint density at radius 3 is 2.57 bits per heavy atom. The second-order valence-corrected chi connectivity index (χ2v) is 12.8. The van der Waals surface area contributed by atoms with Gasteiger partial charge in [-0.2, -0.15) is 0 Å². The fraction of sp³-hybridized carbons (Fsp3) is 0.379. The number of hydrogen-bond acceptors (Lipinski definition) is 12. The molecule has 5 rings (SSSR count). The molecule has 246 valence electrons. The van der Waals surface area contributed by atoms with Crippen LogP contribution in [0.3, 0.4) is 0 Å². The van der Waals surface area contributed by atoms with Gasteiger partial charge in [-0.3, -0.25) is 14.2 Å². The molecule has 17 heteroatoms. The standard InChI is InChI=1S/C29H35FN7O7PS/c1-42-25-16-23-24(17-26(25)43-12-3-6-36-7-9-37(10-8-36)11-13-44-45(39,40)41)32-19-33-28(23)35-29-31-18-22(46-29)15-27(38)34-21-5-2-4-20(30)14-21/h2,4-5,14,16-19H,3,6-13,15H2,1H3,(H,34,38)(H2,39,40,41)(H,31,32,33,35). The van der Waals surface area contributed by atoms with E-state index in [1.165, 1.54) is 35.9 Å². The number of phosphoric ester groups is 1. The number of carbonyl (C=O) groups is 1. The Labute approximate surface area is 268 Å². The fourth-order valence-corrected chi connectivity index (χ4v) is 6.04.